The monoisotopic (exact) mass is 328 g/mol. The van der Waals surface area contributed by atoms with Gasteiger partial charge in [0.2, 0.25) is 6.79 Å². The molecule has 0 radical (unpaired) electrons. The highest BCUT2D eigenvalue weighted by Gasteiger charge is 2.12. The topological polar surface area (TPSA) is 78.4 Å². The Morgan fingerprint density at radius 1 is 1.08 bits per heavy atom. The van der Waals surface area contributed by atoms with Gasteiger partial charge >= 0.3 is 0 Å². The number of amides is 1. The van der Waals surface area contributed by atoms with Gasteiger partial charge in [0.05, 0.1) is 20.4 Å². The molecule has 0 fully saturated rings. The highest BCUT2D eigenvalue weighted by molar-refractivity contribution is 5.95. The molecule has 1 N–H and O–H groups in total. The number of methoxy groups -OCH3 is 2. The second kappa shape index (κ2) is 6.91. The van der Waals surface area contributed by atoms with Gasteiger partial charge in [0, 0.05) is 11.6 Å². The van der Waals surface area contributed by atoms with Gasteiger partial charge < -0.3 is 18.9 Å². The van der Waals surface area contributed by atoms with Gasteiger partial charge in [0.1, 0.15) is 11.5 Å². The van der Waals surface area contributed by atoms with Crippen LogP contribution in [0, 0.1) is 0 Å². The predicted octanol–water partition coefficient (Wildman–Crippen LogP) is 2.20. The zero-order chi connectivity index (χ0) is 16.9. The minimum absolute atomic E-state index is 0.213. The molecule has 1 amide bonds. The Kier molecular flexibility index (Phi) is 4.51. The summed E-state index contributed by atoms with van der Waals surface area (Å²) >= 11 is 0. The van der Waals surface area contributed by atoms with Crippen molar-refractivity contribution in [3.8, 4) is 23.0 Å². The number of benzene rings is 2. The van der Waals surface area contributed by atoms with Crippen molar-refractivity contribution in [3.05, 3.63) is 47.5 Å². The maximum Gasteiger partial charge on any atom is 0.271 e. The second-order valence-electron chi connectivity index (χ2n) is 4.91. The number of carbonyl (C=O) groups excluding carboxylic acids is 1. The van der Waals surface area contributed by atoms with Crippen LogP contribution in [0.2, 0.25) is 0 Å². The number of nitrogens with zero attached hydrogens (tertiary/aromatic N) is 1. The third-order valence-corrected chi connectivity index (χ3v) is 3.39. The van der Waals surface area contributed by atoms with Gasteiger partial charge in [-0.3, -0.25) is 4.79 Å². The van der Waals surface area contributed by atoms with Crippen LogP contribution in [0.4, 0.5) is 0 Å². The molecule has 7 heteroatoms. The third-order valence-electron chi connectivity index (χ3n) is 3.39. The molecular weight excluding hydrogens is 312 g/mol. The van der Waals surface area contributed by atoms with Crippen molar-refractivity contribution < 1.29 is 23.7 Å². The van der Waals surface area contributed by atoms with Crippen LogP contribution >= 0.6 is 0 Å². The predicted molar refractivity (Wildman–Crippen MR) is 87.2 cm³/mol. The Hall–Kier alpha value is -3.22. The molecule has 1 aliphatic heterocycles. The van der Waals surface area contributed by atoms with E-state index in [0.29, 0.717) is 28.6 Å². The SMILES string of the molecule is COc1cc(OC)cc(C(=O)N/N=C\c2ccc3c(c2)OCO3)c1. The first-order valence-corrected chi connectivity index (χ1v) is 7.16. The summed E-state index contributed by atoms with van der Waals surface area (Å²) in [6, 6.07) is 10.3. The maximum absolute atomic E-state index is 12.2. The zero-order valence-electron chi connectivity index (χ0n) is 13.2. The molecule has 3 rings (SSSR count). The highest BCUT2D eigenvalue weighted by atomic mass is 16.7. The van der Waals surface area contributed by atoms with E-state index in [9.17, 15) is 4.79 Å². The van der Waals surface area contributed by atoms with E-state index in [1.165, 1.54) is 20.4 Å². The lowest BCUT2D eigenvalue weighted by atomic mass is 10.2. The number of fused-ring (bicyclic) bond motifs is 1. The number of hydrogen-bond acceptors (Lipinski definition) is 6. The summed E-state index contributed by atoms with van der Waals surface area (Å²) in [7, 11) is 3.04. The first kappa shape index (κ1) is 15.7. The molecule has 0 aromatic heterocycles. The number of ether oxygens (including phenoxy) is 4. The smallest absolute Gasteiger partial charge is 0.271 e. The normalized spacial score (nSPS) is 12.2. The fourth-order valence-corrected chi connectivity index (χ4v) is 2.16. The lowest BCUT2D eigenvalue weighted by Gasteiger charge is -2.07. The van der Waals surface area contributed by atoms with E-state index in [1.54, 1.807) is 30.3 Å². The van der Waals surface area contributed by atoms with E-state index in [1.807, 2.05) is 6.07 Å². The molecule has 0 atom stereocenters. The fourth-order valence-electron chi connectivity index (χ4n) is 2.16. The van der Waals surface area contributed by atoms with Gasteiger partial charge in [-0.05, 0) is 35.9 Å². The standard InChI is InChI=1S/C17H16N2O5/c1-21-13-6-12(7-14(8-13)22-2)17(20)19-18-9-11-3-4-15-16(5-11)24-10-23-15/h3-9H,10H2,1-2H3,(H,19,20)/b18-9-. The summed E-state index contributed by atoms with van der Waals surface area (Å²) in [6.45, 7) is 0.213. The quantitative estimate of drug-likeness (QED) is 0.672. The fraction of sp³-hybridized carbons (Fsp3) is 0.176. The van der Waals surface area contributed by atoms with Crippen LogP contribution in [0.5, 0.6) is 23.0 Å². The molecule has 0 aliphatic carbocycles. The Labute approximate surface area is 138 Å². The number of hydrogen-bond donors (Lipinski definition) is 1. The summed E-state index contributed by atoms with van der Waals surface area (Å²) in [6.07, 6.45) is 1.53. The van der Waals surface area contributed by atoms with Gasteiger partial charge in [-0.1, -0.05) is 0 Å². The summed E-state index contributed by atoms with van der Waals surface area (Å²) in [4.78, 5) is 12.2. The molecule has 0 saturated carbocycles. The van der Waals surface area contributed by atoms with Crippen LogP contribution < -0.4 is 24.4 Å². The zero-order valence-corrected chi connectivity index (χ0v) is 13.2. The molecule has 1 heterocycles. The summed E-state index contributed by atoms with van der Waals surface area (Å²) in [5, 5.41) is 3.95. The summed E-state index contributed by atoms with van der Waals surface area (Å²) in [5.41, 5.74) is 3.63. The van der Waals surface area contributed by atoms with E-state index < -0.39 is 0 Å². The van der Waals surface area contributed by atoms with Crippen LogP contribution in [0.1, 0.15) is 15.9 Å². The Morgan fingerprint density at radius 2 is 1.79 bits per heavy atom. The molecule has 124 valence electrons. The Morgan fingerprint density at radius 3 is 2.50 bits per heavy atom. The van der Waals surface area contributed by atoms with Crippen LogP contribution in [0.15, 0.2) is 41.5 Å². The minimum atomic E-state index is -0.371. The average Bonchev–Trinajstić information content (AvgIpc) is 3.08. The number of carbonyl (C=O) groups is 1. The van der Waals surface area contributed by atoms with Crippen molar-refractivity contribution in [2.45, 2.75) is 0 Å². The molecule has 0 spiro atoms. The third kappa shape index (κ3) is 3.40. The van der Waals surface area contributed by atoms with E-state index >= 15 is 0 Å². The van der Waals surface area contributed by atoms with Crippen molar-refractivity contribution in [2.75, 3.05) is 21.0 Å². The van der Waals surface area contributed by atoms with Gasteiger partial charge in [-0.2, -0.15) is 5.10 Å². The summed E-state index contributed by atoms with van der Waals surface area (Å²) in [5.74, 6) is 2.03. The van der Waals surface area contributed by atoms with E-state index in [2.05, 4.69) is 10.5 Å². The van der Waals surface area contributed by atoms with Crippen molar-refractivity contribution in [3.63, 3.8) is 0 Å². The van der Waals surface area contributed by atoms with Crippen LogP contribution in [0.3, 0.4) is 0 Å². The average molecular weight is 328 g/mol. The van der Waals surface area contributed by atoms with Crippen molar-refractivity contribution >= 4 is 12.1 Å². The number of rotatable bonds is 5. The molecule has 0 saturated heterocycles. The molecule has 2 aromatic carbocycles. The van der Waals surface area contributed by atoms with Crippen LogP contribution in [-0.2, 0) is 0 Å². The maximum atomic E-state index is 12.2. The van der Waals surface area contributed by atoms with E-state index in [4.69, 9.17) is 18.9 Å². The lowest BCUT2D eigenvalue weighted by Crippen LogP contribution is -2.17. The lowest BCUT2D eigenvalue weighted by molar-refractivity contribution is 0.0954. The van der Waals surface area contributed by atoms with Gasteiger partial charge in [0.25, 0.3) is 5.91 Å². The van der Waals surface area contributed by atoms with Crippen LogP contribution in [-0.4, -0.2) is 33.1 Å². The first-order valence-electron chi connectivity index (χ1n) is 7.16. The molecule has 1 aliphatic rings. The number of nitrogens with one attached hydrogen (secondary N) is 1. The Bertz CT molecular complexity index is 766. The minimum Gasteiger partial charge on any atom is -0.497 e. The van der Waals surface area contributed by atoms with Crippen molar-refractivity contribution in [1.29, 1.82) is 0 Å². The Balaban J connectivity index is 1.69. The first-order chi connectivity index (χ1) is 11.7. The van der Waals surface area contributed by atoms with E-state index in [-0.39, 0.29) is 12.7 Å². The summed E-state index contributed by atoms with van der Waals surface area (Å²) < 4.78 is 20.8. The van der Waals surface area contributed by atoms with Crippen molar-refractivity contribution in [1.82, 2.24) is 5.43 Å². The molecule has 0 bridgehead atoms. The van der Waals surface area contributed by atoms with Crippen LogP contribution in [0.25, 0.3) is 0 Å². The molecule has 24 heavy (non-hydrogen) atoms. The van der Waals surface area contributed by atoms with Gasteiger partial charge in [0.15, 0.2) is 11.5 Å². The highest BCUT2D eigenvalue weighted by Crippen LogP contribution is 2.32. The molecular formula is C17H16N2O5. The van der Waals surface area contributed by atoms with Gasteiger partial charge in [-0.15, -0.1) is 0 Å². The van der Waals surface area contributed by atoms with Gasteiger partial charge in [-0.25, -0.2) is 5.43 Å². The molecule has 0 unspecified atom stereocenters. The van der Waals surface area contributed by atoms with Crippen molar-refractivity contribution in [2.24, 2.45) is 5.10 Å². The second-order valence-corrected chi connectivity index (χ2v) is 4.91. The number of hydrazone groups is 1. The largest absolute Gasteiger partial charge is 0.497 e. The van der Waals surface area contributed by atoms with E-state index in [0.717, 1.165) is 5.56 Å². The molecule has 2 aromatic rings. The molecule has 7 nitrogen and oxygen atoms in total.